The molecule has 0 radical (unpaired) electrons. The molecule has 2 aliphatic heterocycles. The van der Waals surface area contributed by atoms with Crippen LogP contribution in [0, 0.1) is 5.82 Å². The maximum Gasteiger partial charge on any atom is 0.148 e. The highest BCUT2D eigenvalue weighted by Gasteiger charge is 2.46. The van der Waals surface area contributed by atoms with E-state index in [-0.39, 0.29) is 17.5 Å². The van der Waals surface area contributed by atoms with E-state index in [1.54, 1.807) is 6.07 Å². The molecule has 20 heavy (non-hydrogen) atoms. The predicted molar refractivity (Wildman–Crippen MR) is 77.3 cm³/mol. The van der Waals surface area contributed by atoms with Crippen molar-refractivity contribution >= 4 is 17.3 Å². The van der Waals surface area contributed by atoms with Crippen LogP contribution < -0.4 is 9.64 Å². The topological polar surface area (TPSA) is 25.0 Å². The monoisotopic (exact) mass is 299 g/mol. The third-order valence-corrected chi connectivity index (χ3v) is 4.23. The van der Waals surface area contributed by atoms with Crippen LogP contribution in [0.5, 0.6) is 5.75 Å². The molecule has 5 heteroatoms. The molecule has 2 aliphatic rings. The lowest BCUT2D eigenvalue weighted by Crippen LogP contribution is -2.38. The van der Waals surface area contributed by atoms with Crippen LogP contribution in [-0.2, 0) is 4.74 Å². The first-order valence-electron chi connectivity index (χ1n) is 7.04. The Morgan fingerprint density at radius 2 is 2.00 bits per heavy atom. The summed E-state index contributed by atoms with van der Waals surface area (Å²) in [5.74, 6) is 0.250. The van der Waals surface area contributed by atoms with Gasteiger partial charge in [0.1, 0.15) is 11.6 Å². The summed E-state index contributed by atoms with van der Waals surface area (Å²) in [6, 6.07) is 3.05. The van der Waals surface area contributed by atoms with Gasteiger partial charge in [-0.25, -0.2) is 4.39 Å². The summed E-state index contributed by atoms with van der Waals surface area (Å²) >= 11 is 6.04. The van der Waals surface area contributed by atoms with Crippen molar-refractivity contribution in [3.05, 3.63) is 23.0 Å². The van der Waals surface area contributed by atoms with Crippen molar-refractivity contribution < 1.29 is 13.9 Å². The summed E-state index contributed by atoms with van der Waals surface area (Å²) in [4.78, 5) is 2.05. The van der Waals surface area contributed by atoms with E-state index >= 15 is 0 Å². The van der Waals surface area contributed by atoms with Crippen LogP contribution in [0.25, 0.3) is 0 Å². The highest BCUT2D eigenvalue weighted by Crippen LogP contribution is 2.40. The molecule has 110 valence electrons. The minimum Gasteiger partial charge on any atom is -0.489 e. The molecule has 3 nitrogen and oxygen atoms in total. The molecule has 0 saturated carbocycles. The third-order valence-electron chi connectivity index (χ3n) is 3.93. The number of nitrogens with zero attached hydrogens (tertiary/aromatic N) is 1. The average Bonchev–Trinajstić information content (AvgIpc) is 3.13. The van der Waals surface area contributed by atoms with Gasteiger partial charge in [0.2, 0.25) is 0 Å². The lowest BCUT2D eigenvalue weighted by molar-refractivity contribution is 0.242. The van der Waals surface area contributed by atoms with Crippen molar-refractivity contribution in [1.29, 1.82) is 0 Å². The zero-order valence-corrected chi connectivity index (χ0v) is 12.5. The summed E-state index contributed by atoms with van der Waals surface area (Å²) in [5, 5.41) is 0.318. The maximum atomic E-state index is 14.1. The van der Waals surface area contributed by atoms with Crippen molar-refractivity contribution in [3.8, 4) is 5.75 Å². The molecular formula is C15H19ClFNO2. The van der Waals surface area contributed by atoms with Crippen LogP contribution >= 0.6 is 11.6 Å². The number of halogens is 2. The maximum absolute atomic E-state index is 14.1. The van der Waals surface area contributed by atoms with Gasteiger partial charge in [0.05, 0.1) is 29.0 Å². The second-order valence-corrected chi connectivity index (χ2v) is 6.27. The van der Waals surface area contributed by atoms with E-state index in [0.29, 0.717) is 16.5 Å². The Kier molecular flexibility index (Phi) is 3.55. The van der Waals surface area contributed by atoms with Crippen molar-refractivity contribution in [1.82, 2.24) is 0 Å². The van der Waals surface area contributed by atoms with Crippen LogP contribution in [0.1, 0.15) is 26.7 Å². The second kappa shape index (κ2) is 5.08. The molecule has 0 amide bonds. The van der Waals surface area contributed by atoms with E-state index in [9.17, 15) is 4.39 Å². The fraction of sp³-hybridized carbons (Fsp3) is 0.600. The van der Waals surface area contributed by atoms with E-state index in [1.807, 2.05) is 18.7 Å². The number of anilines is 1. The first-order valence-corrected chi connectivity index (χ1v) is 7.41. The Hall–Kier alpha value is -1.00. The number of ether oxygens (including phenoxy) is 2. The summed E-state index contributed by atoms with van der Waals surface area (Å²) in [7, 11) is 0. The van der Waals surface area contributed by atoms with Crippen LogP contribution in [0.15, 0.2) is 12.1 Å². The second-order valence-electron chi connectivity index (χ2n) is 5.86. The quantitative estimate of drug-likeness (QED) is 0.797. The summed E-state index contributed by atoms with van der Waals surface area (Å²) in [5.41, 5.74) is 0.664. The van der Waals surface area contributed by atoms with E-state index in [4.69, 9.17) is 21.1 Å². The number of hydrogen-bond donors (Lipinski definition) is 0. The van der Waals surface area contributed by atoms with Gasteiger partial charge in [-0.15, -0.1) is 0 Å². The lowest BCUT2D eigenvalue weighted by atomic mass is 9.97. The van der Waals surface area contributed by atoms with Crippen LogP contribution in [-0.4, -0.2) is 31.4 Å². The van der Waals surface area contributed by atoms with Gasteiger partial charge in [0.15, 0.2) is 0 Å². The standard InChI is InChI=1S/C15H19ClFNO2/c1-10(2)20-14-8-13(12(17)7-11(14)16)18-5-3-15(4-6-18)9-19-15/h7-8,10H,3-6,9H2,1-2H3. The van der Waals surface area contributed by atoms with Gasteiger partial charge >= 0.3 is 0 Å². The first-order chi connectivity index (χ1) is 9.49. The molecule has 1 spiro atoms. The van der Waals surface area contributed by atoms with Crippen molar-refractivity contribution in [3.63, 3.8) is 0 Å². The first kappa shape index (κ1) is 14.0. The highest BCUT2D eigenvalue weighted by molar-refractivity contribution is 6.32. The molecule has 1 aromatic carbocycles. The average molecular weight is 300 g/mol. The third kappa shape index (κ3) is 2.72. The van der Waals surface area contributed by atoms with Gasteiger partial charge in [-0.3, -0.25) is 0 Å². The van der Waals surface area contributed by atoms with Crippen molar-refractivity contribution in [2.45, 2.75) is 38.4 Å². The Morgan fingerprint density at radius 1 is 1.35 bits per heavy atom. The molecule has 2 fully saturated rings. The number of epoxide rings is 1. The van der Waals surface area contributed by atoms with Crippen molar-refractivity contribution in [2.24, 2.45) is 0 Å². The number of piperidine rings is 1. The fourth-order valence-corrected chi connectivity index (χ4v) is 2.85. The van der Waals surface area contributed by atoms with E-state index < -0.39 is 0 Å². The Bertz CT molecular complexity index is 507. The molecule has 0 N–H and O–H groups in total. The lowest BCUT2D eigenvalue weighted by Gasteiger charge is -2.32. The van der Waals surface area contributed by atoms with Gasteiger partial charge in [-0.2, -0.15) is 0 Å². The molecule has 0 unspecified atom stereocenters. The minimum absolute atomic E-state index is 0.00954. The highest BCUT2D eigenvalue weighted by atomic mass is 35.5. The molecular weight excluding hydrogens is 281 g/mol. The van der Waals surface area contributed by atoms with Gasteiger partial charge in [0.25, 0.3) is 0 Å². The molecule has 0 aliphatic carbocycles. The molecule has 2 heterocycles. The molecule has 0 bridgehead atoms. The van der Waals surface area contributed by atoms with E-state index in [1.165, 1.54) is 6.07 Å². The van der Waals surface area contributed by atoms with E-state index in [2.05, 4.69) is 0 Å². The normalized spacial score (nSPS) is 20.6. The SMILES string of the molecule is CC(C)Oc1cc(N2CCC3(CC2)CO3)c(F)cc1Cl. The Labute approximate surface area is 123 Å². The smallest absolute Gasteiger partial charge is 0.148 e. The molecule has 3 rings (SSSR count). The van der Waals surface area contributed by atoms with Gasteiger partial charge in [0, 0.05) is 19.2 Å². The zero-order valence-electron chi connectivity index (χ0n) is 11.8. The van der Waals surface area contributed by atoms with Crippen LogP contribution in [0.2, 0.25) is 5.02 Å². The largest absolute Gasteiger partial charge is 0.489 e. The summed E-state index contributed by atoms with van der Waals surface area (Å²) in [6.07, 6.45) is 1.92. The Morgan fingerprint density at radius 3 is 2.55 bits per heavy atom. The number of hydrogen-bond acceptors (Lipinski definition) is 3. The molecule has 1 aromatic rings. The predicted octanol–water partition coefficient (Wildman–Crippen LogP) is 3.64. The van der Waals surface area contributed by atoms with Crippen LogP contribution in [0.4, 0.5) is 10.1 Å². The summed E-state index contributed by atoms with van der Waals surface area (Å²) < 4.78 is 25.3. The Balaban J connectivity index is 1.81. The zero-order chi connectivity index (χ0) is 14.3. The minimum atomic E-state index is -0.293. The van der Waals surface area contributed by atoms with Crippen LogP contribution in [0.3, 0.4) is 0 Å². The summed E-state index contributed by atoms with van der Waals surface area (Å²) in [6.45, 7) is 6.31. The number of rotatable bonds is 3. The fourth-order valence-electron chi connectivity index (χ4n) is 2.65. The van der Waals surface area contributed by atoms with Gasteiger partial charge in [-0.05, 0) is 32.8 Å². The molecule has 0 aromatic heterocycles. The number of benzene rings is 1. The van der Waals surface area contributed by atoms with Gasteiger partial charge in [-0.1, -0.05) is 11.6 Å². The van der Waals surface area contributed by atoms with Crippen molar-refractivity contribution in [2.75, 3.05) is 24.6 Å². The molecule has 0 atom stereocenters. The molecule has 2 saturated heterocycles. The van der Waals surface area contributed by atoms with Gasteiger partial charge < -0.3 is 14.4 Å². The van der Waals surface area contributed by atoms with E-state index in [0.717, 1.165) is 32.5 Å².